The lowest BCUT2D eigenvalue weighted by Crippen LogP contribution is -2.55. The van der Waals surface area contributed by atoms with Gasteiger partial charge in [0.05, 0.1) is 11.5 Å². The molecule has 3 rings (SSSR count). The first kappa shape index (κ1) is 30.8. The fourth-order valence-corrected chi connectivity index (χ4v) is 4.16. The molecule has 0 radical (unpaired) electrons. The highest BCUT2D eigenvalue weighted by Gasteiger charge is 2.39. The van der Waals surface area contributed by atoms with Crippen molar-refractivity contribution in [2.75, 3.05) is 5.73 Å². The van der Waals surface area contributed by atoms with Crippen molar-refractivity contribution >= 4 is 59.0 Å². The normalized spacial score (nSPS) is 15.6. The van der Waals surface area contributed by atoms with Gasteiger partial charge in [0.15, 0.2) is 10.8 Å². The number of anilines is 1. The number of para-hydroxylation sites is 1. The first-order valence-electron chi connectivity index (χ1n) is 11.9. The summed E-state index contributed by atoms with van der Waals surface area (Å²) in [6.45, 7) is 2.48. The second-order valence-corrected chi connectivity index (χ2v) is 10.2. The number of carbonyl (C=O) groups excluding carboxylic acids is 2. The largest absolute Gasteiger partial charge is 0.547 e. The molecule has 0 saturated carbocycles. The zero-order valence-electron chi connectivity index (χ0n) is 21.7. The number of rotatable bonds is 12. The minimum atomic E-state index is -1.84. The van der Waals surface area contributed by atoms with Crippen LogP contribution in [0.2, 0.25) is 0 Å². The summed E-state index contributed by atoms with van der Waals surface area (Å²) >= 11 is 0.979. The highest BCUT2D eigenvalue weighted by molar-refractivity contribution is 7.13. The molecule has 2 aromatic rings. The maximum absolute atomic E-state index is 13.3. The van der Waals surface area contributed by atoms with Crippen LogP contribution in [0, 0.1) is 0 Å². The van der Waals surface area contributed by atoms with E-state index in [1.807, 2.05) is 0 Å². The van der Waals surface area contributed by atoms with E-state index >= 15 is 0 Å². The van der Waals surface area contributed by atoms with Gasteiger partial charge in [-0.2, -0.15) is 0 Å². The third-order valence-corrected chi connectivity index (χ3v) is 6.48. The van der Waals surface area contributed by atoms with Crippen molar-refractivity contribution in [1.82, 2.24) is 15.6 Å². The van der Waals surface area contributed by atoms with Gasteiger partial charge in [-0.1, -0.05) is 17.3 Å². The number of thiazole rings is 1. The average Bonchev–Trinajstić information content (AvgIpc) is 3.31. The molecule has 1 aromatic carbocycles. The summed E-state index contributed by atoms with van der Waals surface area (Å²) in [6, 6.07) is 2.85. The Kier molecular flexibility index (Phi) is 9.51. The molecule has 0 spiro atoms. The van der Waals surface area contributed by atoms with Crippen molar-refractivity contribution in [3.8, 4) is 5.75 Å². The SMILES string of the molecule is CC(C)(O/N=C(\C(=O)NC1Cc2cccc(C(=O)O)c2OB1O)c1csc(N)n1)C(=O)NC(CCC(=O)O)C(=O)O. The van der Waals surface area contributed by atoms with E-state index < -0.39 is 66.6 Å². The van der Waals surface area contributed by atoms with Crippen molar-refractivity contribution in [3.05, 3.63) is 40.4 Å². The molecule has 16 nitrogen and oxygen atoms in total. The topological polar surface area (TPSA) is 260 Å². The number of aliphatic carboxylic acids is 2. The van der Waals surface area contributed by atoms with Crippen molar-refractivity contribution in [2.45, 2.75) is 50.7 Å². The highest BCUT2D eigenvalue weighted by atomic mass is 32.1. The predicted molar refractivity (Wildman–Crippen MR) is 142 cm³/mol. The standard InChI is InChI=1S/C23H26BN5O11S/c1-23(2,21(37)26-12(20(35)36)6-7-15(30)31)40-29-16(13-9-41-22(25)27-13)18(32)28-14-8-10-4-3-5-11(19(33)34)17(10)39-24(14)38/h3-5,9,12,14,38H,6-8H2,1-2H3,(H2,25,27)(H,26,37)(H,28,32)(H,30,31)(H,33,34)(H,35,36)/b29-16-. The van der Waals surface area contributed by atoms with Crippen molar-refractivity contribution in [3.63, 3.8) is 0 Å². The number of nitrogen functional groups attached to an aromatic ring is 1. The maximum atomic E-state index is 13.3. The Hall–Kier alpha value is -4.71. The lowest BCUT2D eigenvalue weighted by atomic mass is 9.72. The second-order valence-electron chi connectivity index (χ2n) is 9.30. The van der Waals surface area contributed by atoms with E-state index in [1.54, 1.807) is 6.07 Å². The Labute approximate surface area is 236 Å². The molecule has 0 fully saturated rings. The number of aromatic carboxylic acids is 1. The van der Waals surface area contributed by atoms with E-state index in [0.29, 0.717) is 5.56 Å². The van der Waals surface area contributed by atoms with Gasteiger partial charge in [0, 0.05) is 11.8 Å². The smallest absolute Gasteiger partial charge is 0.534 e. The van der Waals surface area contributed by atoms with Gasteiger partial charge in [-0.15, -0.1) is 11.3 Å². The molecule has 41 heavy (non-hydrogen) atoms. The fraction of sp³-hybridized carbons (Fsp3) is 0.348. The zero-order chi connectivity index (χ0) is 30.5. The Morgan fingerprint density at radius 3 is 2.56 bits per heavy atom. The number of carboxylic acids is 3. The minimum absolute atomic E-state index is 0.00246. The zero-order valence-corrected chi connectivity index (χ0v) is 22.5. The molecule has 2 atom stereocenters. The number of carbonyl (C=O) groups is 5. The summed E-state index contributed by atoms with van der Waals surface area (Å²) < 4.78 is 5.38. The van der Waals surface area contributed by atoms with Crippen LogP contribution in [0.25, 0.3) is 0 Å². The van der Waals surface area contributed by atoms with Crippen LogP contribution in [0.3, 0.4) is 0 Å². The molecule has 1 aliphatic heterocycles. The van der Waals surface area contributed by atoms with E-state index in [9.17, 15) is 39.2 Å². The van der Waals surface area contributed by atoms with E-state index in [-0.39, 0.29) is 35.0 Å². The van der Waals surface area contributed by atoms with Gasteiger partial charge in [-0.05, 0) is 38.3 Å². The third kappa shape index (κ3) is 7.70. The van der Waals surface area contributed by atoms with Crippen LogP contribution < -0.4 is 21.0 Å². The molecule has 2 unspecified atom stereocenters. The molecular formula is C23H26BN5O11S. The molecule has 2 amide bonds. The Morgan fingerprint density at radius 1 is 1.27 bits per heavy atom. The summed E-state index contributed by atoms with van der Waals surface area (Å²) in [5, 5.41) is 48.0. The number of carboxylic acid groups (broad SMARTS) is 3. The highest BCUT2D eigenvalue weighted by Crippen LogP contribution is 2.30. The number of fused-ring (bicyclic) bond motifs is 1. The van der Waals surface area contributed by atoms with Gasteiger partial charge >= 0.3 is 25.0 Å². The van der Waals surface area contributed by atoms with Crippen LogP contribution in [-0.4, -0.2) is 85.5 Å². The predicted octanol–water partition coefficient (Wildman–Crippen LogP) is -0.503. The quantitative estimate of drug-likeness (QED) is 0.0934. The fourth-order valence-electron chi connectivity index (χ4n) is 3.61. The number of hydrogen-bond acceptors (Lipinski definition) is 12. The van der Waals surface area contributed by atoms with Gasteiger partial charge in [-0.3, -0.25) is 14.4 Å². The van der Waals surface area contributed by atoms with Crippen LogP contribution in [0.1, 0.15) is 48.3 Å². The van der Waals surface area contributed by atoms with Gasteiger partial charge in [0.2, 0.25) is 5.60 Å². The summed E-state index contributed by atoms with van der Waals surface area (Å²) in [5.41, 5.74) is 3.62. The Morgan fingerprint density at radius 2 is 1.98 bits per heavy atom. The molecule has 1 aromatic heterocycles. The van der Waals surface area contributed by atoms with Crippen LogP contribution in [0.5, 0.6) is 5.75 Å². The van der Waals surface area contributed by atoms with Gasteiger partial charge in [0.1, 0.15) is 17.5 Å². The molecule has 0 bridgehead atoms. The van der Waals surface area contributed by atoms with E-state index in [2.05, 4.69) is 20.8 Å². The molecule has 1 aliphatic rings. The van der Waals surface area contributed by atoms with Crippen molar-refractivity contribution in [2.24, 2.45) is 5.16 Å². The monoisotopic (exact) mass is 591 g/mol. The van der Waals surface area contributed by atoms with E-state index in [0.717, 1.165) is 11.3 Å². The van der Waals surface area contributed by atoms with Crippen LogP contribution >= 0.6 is 11.3 Å². The molecule has 18 heteroatoms. The van der Waals surface area contributed by atoms with Gasteiger partial charge in [0.25, 0.3) is 11.8 Å². The number of amides is 2. The summed E-state index contributed by atoms with van der Waals surface area (Å²) in [6.07, 6.45) is -0.896. The Balaban J connectivity index is 1.80. The number of nitrogens with two attached hydrogens (primary N) is 1. The van der Waals surface area contributed by atoms with Gasteiger partial charge in [-0.25, -0.2) is 14.6 Å². The van der Waals surface area contributed by atoms with E-state index in [1.165, 1.54) is 31.4 Å². The first-order chi connectivity index (χ1) is 19.2. The molecule has 8 N–H and O–H groups in total. The lowest BCUT2D eigenvalue weighted by Gasteiger charge is -2.29. The van der Waals surface area contributed by atoms with E-state index in [4.69, 9.17) is 20.3 Å². The van der Waals surface area contributed by atoms with Gasteiger partial charge < -0.3 is 46.2 Å². The summed E-state index contributed by atoms with van der Waals surface area (Å²) in [5.74, 6) is -6.92. The van der Waals surface area contributed by atoms with Crippen LogP contribution in [0.4, 0.5) is 5.13 Å². The summed E-state index contributed by atoms with van der Waals surface area (Å²) in [7, 11) is -1.63. The molecule has 2 heterocycles. The Bertz CT molecular complexity index is 1400. The molecule has 0 saturated heterocycles. The number of nitrogens with zero attached hydrogens (tertiary/aromatic N) is 2. The number of nitrogens with one attached hydrogen (secondary N) is 2. The number of oxime groups is 1. The maximum Gasteiger partial charge on any atom is 0.547 e. The third-order valence-electron chi connectivity index (χ3n) is 5.81. The van der Waals surface area contributed by atoms with Crippen LogP contribution in [0.15, 0.2) is 28.7 Å². The minimum Gasteiger partial charge on any atom is -0.534 e. The van der Waals surface area contributed by atoms with Crippen molar-refractivity contribution < 1.29 is 53.8 Å². The summed E-state index contributed by atoms with van der Waals surface area (Å²) in [4.78, 5) is 69.1. The average molecular weight is 591 g/mol. The van der Waals surface area contributed by atoms with Crippen LogP contribution in [-0.2, 0) is 30.4 Å². The lowest BCUT2D eigenvalue weighted by molar-refractivity contribution is -0.150. The number of benzene rings is 1. The number of aromatic nitrogens is 1. The first-order valence-corrected chi connectivity index (χ1v) is 12.8. The molecule has 0 aliphatic carbocycles. The molecular weight excluding hydrogens is 565 g/mol. The second kappa shape index (κ2) is 12.6. The van der Waals surface area contributed by atoms with Crippen molar-refractivity contribution in [1.29, 1.82) is 0 Å². The molecule has 218 valence electrons. The number of hydrogen-bond donors (Lipinski definition) is 7.